The number of carbonyl (C=O) groups is 1. The molecular formula is C17H15FN4O. The van der Waals surface area contributed by atoms with E-state index in [0.717, 1.165) is 12.0 Å². The number of aryl methyl sites for hydroxylation is 1. The first-order chi connectivity index (χ1) is 11.2. The Morgan fingerprint density at radius 3 is 2.61 bits per heavy atom. The van der Waals surface area contributed by atoms with Crippen molar-refractivity contribution in [3.63, 3.8) is 0 Å². The van der Waals surface area contributed by atoms with Crippen molar-refractivity contribution in [2.45, 2.75) is 13.3 Å². The number of hydrogen-bond acceptors (Lipinski definition) is 3. The summed E-state index contributed by atoms with van der Waals surface area (Å²) in [5.41, 5.74) is 2.34. The second kappa shape index (κ2) is 6.39. The minimum Gasteiger partial charge on any atom is -0.322 e. The molecule has 23 heavy (non-hydrogen) atoms. The number of nitrogens with one attached hydrogen (secondary N) is 1. The van der Waals surface area contributed by atoms with Crippen LogP contribution in [-0.4, -0.2) is 20.7 Å². The fourth-order valence-electron chi connectivity index (χ4n) is 2.20. The van der Waals surface area contributed by atoms with Gasteiger partial charge in [0.05, 0.1) is 0 Å². The highest BCUT2D eigenvalue weighted by Gasteiger charge is 2.10. The highest BCUT2D eigenvalue weighted by Crippen LogP contribution is 2.18. The van der Waals surface area contributed by atoms with Crippen LogP contribution in [0.5, 0.6) is 0 Å². The van der Waals surface area contributed by atoms with Crippen LogP contribution < -0.4 is 5.32 Å². The number of hydrogen-bond donors (Lipinski definition) is 1. The van der Waals surface area contributed by atoms with Crippen LogP contribution in [0.3, 0.4) is 0 Å². The molecule has 0 aliphatic rings. The molecule has 3 rings (SSSR count). The van der Waals surface area contributed by atoms with Crippen molar-refractivity contribution in [1.82, 2.24) is 14.8 Å². The Hall–Kier alpha value is -3.02. The Kier molecular flexibility index (Phi) is 4.14. The van der Waals surface area contributed by atoms with Crippen molar-refractivity contribution in [3.8, 4) is 5.69 Å². The average Bonchev–Trinajstić information content (AvgIpc) is 3.09. The third-order valence-electron chi connectivity index (χ3n) is 3.50. The number of benzene rings is 2. The summed E-state index contributed by atoms with van der Waals surface area (Å²) in [6, 6.07) is 11.8. The maximum absolute atomic E-state index is 14.1. The van der Waals surface area contributed by atoms with Gasteiger partial charge in [-0.05, 0) is 42.3 Å². The van der Waals surface area contributed by atoms with Crippen molar-refractivity contribution < 1.29 is 9.18 Å². The van der Waals surface area contributed by atoms with Gasteiger partial charge in [0.1, 0.15) is 18.3 Å². The molecule has 0 saturated carbocycles. The molecule has 0 saturated heterocycles. The van der Waals surface area contributed by atoms with Gasteiger partial charge in [-0.3, -0.25) is 4.79 Å². The summed E-state index contributed by atoms with van der Waals surface area (Å²) in [6.45, 7) is 2.05. The SMILES string of the molecule is CCc1ccc(C(=O)Nc2ccc(-n3cncn3)c(F)c2)cc1. The zero-order chi connectivity index (χ0) is 16.2. The van der Waals surface area contributed by atoms with Crippen molar-refractivity contribution in [3.05, 3.63) is 72.1 Å². The first-order valence-corrected chi connectivity index (χ1v) is 7.22. The molecule has 1 heterocycles. The summed E-state index contributed by atoms with van der Waals surface area (Å²) in [5, 5.41) is 6.56. The zero-order valence-electron chi connectivity index (χ0n) is 12.5. The molecule has 0 bridgehead atoms. The van der Waals surface area contributed by atoms with E-state index in [1.807, 2.05) is 12.1 Å². The molecular weight excluding hydrogens is 295 g/mol. The number of nitrogens with zero attached hydrogens (tertiary/aromatic N) is 3. The zero-order valence-corrected chi connectivity index (χ0v) is 12.5. The van der Waals surface area contributed by atoms with Crippen molar-refractivity contribution in [2.75, 3.05) is 5.32 Å². The van der Waals surface area contributed by atoms with Gasteiger partial charge in [0, 0.05) is 11.3 Å². The lowest BCUT2D eigenvalue weighted by Gasteiger charge is -2.08. The third kappa shape index (κ3) is 3.26. The Labute approximate surface area is 132 Å². The number of anilines is 1. The molecule has 1 amide bonds. The van der Waals surface area contributed by atoms with E-state index in [2.05, 4.69) is 22.3 Å². The molecule has 0 unspecified atom stereocenters. The first-order valence-electron chi connectivity index (χ1n) is 7.22. The van der Waals surface area contributed by atoms with Gasteiger partial charge in [-0.25, -0.2) is 14.1 Å². The molecule has 5 nitrogen and oxygen atoms in total. The van der Waals surface area contributed by atoms with Gasteiger partial charge in [-0.1, -0.05) is 19.1 Å². The smallest absolute Gasteiger partial charge is 0.255 e. The Morgan fingerprint density at radius 1 is 1.22 bits per heavy atom. The third-order valence-corrected chi connectivity index (χ3v) is 3.50. The average molecular weight is 310 g/mol. The molecule has 0 fully saturated rings. The maximum atomic E-state index is 14.1. The van der Waals surface area contributed by atoms with Crippen molar-refractivity contribution in [1.29, 1.82) is 0 Å². The van der Waals surface area contributed by atoms with Crippen LogP contribution in [-0.2, 0) is 6.42 Å². The van der Waals surface area contributed by atoms with Gasteiger partial charge in [0.25, 0.3) is 5.91 Å². The van der Waals surface area contributed by atoms with Crippen LogP contribution in [0.1, 0.15) is 22.8 Å². The Bertz CT molecular complexity index is 813. The molecule has 1 N–H and O–H groups in total. The summed E-state index contributed by atoms with van der Waals surface area (Å²) in [5.74, 6) is -0.768. The Morgan fingerprint density at radius 2 is 2.00 bits per heavy atom. The van der Waals surface area contributed by atoms with Gasteiger partial charge in [-0.2, -0.15) is 5.10 Å². The highest BCUT2D eigenvalue weighted by molar-refractivity contribution is 6.04. The number of carbonyl (C=O) groups excluding carboxylic acids is 1. The lowest BCUT2D eigenvalue weighted by molar-refractivity contribution is 0.102. The first kappa shape index (κ1) is 14.9. The summed E-state index contributed by atoms with van der Waals surface area (Å²) < 4.78 is 15.4. The normalized spacial score (nSPS) is 10.5. The predicted octanol–water partition coefficient (Wildman–Crippen LogP) is 3.22. The molecule has 2 aromatic carbocycles. The van der Waals surface area contributed by atoms with E-state index < -0.39 is 5.82 Å². The summed E-state index contributed by atoms with van der Waals surface area (Å²) in [6.07, 6.45) is 3.65. The number of amides is 1. The van der Waals surface area contributed by atoms with E-state index in [1.165, 1.54) is 23.4 Å². The minimum atomic E-state index is -0.491. The lowest BCUT2D eigenvalue weighted by atomic mass is 10.1. The molecule has 116 valence electrons. The fraction of sp³-hybridized carbons (Fsp3) is 0.118. The van der Waals surface area contributed by atoms with Gasteiger partial charge in [0.2, 0.25) is 0 Å². The van der Waals surface area contributed by atoms with E-state index in [9.17, 15) is 9.18 Å². The monoisotopic (exact) mass is 310 g/mol. The van der Waals surface area contributed by atoms with Gasteiger partial charge < -0.3 is 5.32 Å². The predicted molar refractivity (Wildman–Crippen MR) is 85.1 cm³/mol. The Balaban J connectivity index is 1.77. The van der Waals surface area contributed by atoms with Crippen LogP contribution in [0.2, 0.25) is 0 Å². The van der Waals surface area contributed by atoms with Crippen molar-refractivity contribution in [2.24, 2.45) is 0 Å². The number of halogens is 1. The van der Waals surface area contributed by atoms with Gasteiger partial charge in [-0.15, -0.1) is 0 Å². The molecule has 0 atom stereocenters. The highest BCUT2D eigenvalue weighted by atomic mass is 19.1. The largest absolute Gasteiger partial charge is 0.322 e. The second-order valence-electron chi connectivity index (χ2n) is 5.01. The van der Waals surface area contributed by atoms with Crippen LogP contribution in [0.4, 0.5) is 10.1 Å². The van der Waals surface area contributed by atoms with E-state index >= 15 is 0 Å². The van der Waals surface area contributed by atoms with E-state index in [1.54, 1.807) is 24.3 Å². The van der Waals surface area contributed by atoms with Crippen LogP contribution in [0, 0.1) is 5.82 Å². The molecule has 0 aliphatic heterocycles. The van der Waals surface area contributed by atoms with Gasteiger partial charge in [0.15, 0.2) is 5.82 Å². The van der Waals surface area contributed by atoms with E-state index in [4.69, 9.17) is 0 Å². The standard InChI is InChI=1S/C17H15FN4O/c1-2-12-3-5-13(6-4-12)17(23)21-14-7-8-16(15(18)9-14)22-11-19-10-20-22/h3-11H,2H2,1H3,(H,21,23). The molecule has 1 aromatic heterocycles. The summed E-state index contributed by atoms with van der Waals surface area (Å²) >= 11 is 0. The topological polar surface area (TPSA) is 59.8 Å². The van der Waals surface area contributed by atoms with E-state index in [0.29, 0.717) is 11.3 Å². The molecule has 0 spiro atoms. The maximum Gasteiger partial charge on any atom is 0.255 e. The number of rotatable bonds is 4. The van der Waals surface area contributed by atoms with Crippen molar-refractivity contribution >= 4 is 11.6 Å². The fourth-order valence-corrected chi connectivity index (χ4v) is 2.20. The van der Waals surface area contributed by atoms with Crippen LogP contribution >= 0.6 is 0 Å². The number of aromatic nitrogens is 3. The molecule has 6 heteroatoms. The lowest BCUT2D eigenvalue weighted by Crippen LogP contribution is -2.12. The molecule has 0 aliphatic carbocycles. The van der Waals surface area contributed by atoms with Crippen LogP contribution in [0.15, 0.2) is 55.1 Å². The summed E-state index contributed by atoms with van der Waals surface area (Å²) in [7, 11) is 0. The van der Waals surface area contributed by atoms with E-state index in [-0.39, 0.29) is 11.6 Å². The van der Waals surface area contributed by atoms with Crippen LogP contribution in [0.25, 0.3) is 5.69 Å². The minimum absolute atomic E-state index is 0.271. The quantitative estimate of drug-likeness (QED) is 0.805. The second-order valence-corrected chi connectivity index (χ2v) is 5.01. The molecule has 3 aromatic rings. The molecule has 0 radical (unpaired) electrons. The van der Waals surface area contributed by atoms with Gasteiger partial charge >= 0.3 is 0 Å². The summed E-state index contributed by atoms with van der Waals surface area (Å²) in [4.78, 5) is 16.0.